The van der Waals surface area contributed by atoms with Crippen LogP contribution in [0, 0.1) is 23.7 Å². The number of benzene rings is 1. The highest BCUT2D eigenvalue weighted by atomic mass is 16.5. The quantitative estimate of drug-likeness (QED) is 0.294. The minimum Gasteiger partial charge on any atom is -0.464 e. The number of carbonyl (C=O) groups is 1. The van der Waals surface area contributed by atoms with Gasteiger partial charge in [0, 0.05) is 17.9 Å². The molecule has 3 rings (SSSR count). The number of likely N-dealkylation sites (tertiary alicyclic amines) is 1. The first-order valence-electron chi connectivity index (χ1n) is 14.0. The molecule has 0 amide bonds. The van der Waals surface area contributed by atoms with E-state index >= 15 is 0 Å². The highest BCUT2D eigenvalue weighted by Crippen LogP contribution is 2.53. The number of carbonyl (C=O) groups excluding carboxylic acids is 1. The summed E-state index contributed by atoms with van der Waals surface area (Å²) in [7, 11) is 0. The van der Waals surface area contributed by atoms with Crippen molar-refractivity contribution in [3.05, 3.63) is 35.9 Å². The lowest BCUT2D eigenvalue weighted by molar-refractivity contribution is -0.137. The van der Waals surface area contributed by atoms with Crippen molar-refractivity contribution in [2.45, 2.75) is 103 Å². The van der Waals surface area contributed by atoms with Crippen LogP contribution < -0.4 is 0 Å². The third-order valence-electron chi connectivity index (χ3n) is 9.16. The molecule has 1 saturated heterocycles. The summed E-state index contributed by atoms with van der Waals surface area (Å²) in [4.78, 5) is 14.1. The minimum atomic E-state index is 0.0762. The van der Waals surface area contributed by atoms with E-state index in [2.05, 4.69) is 62.9 Å². The number of hydrogen-bond acceptors (Lipinski definition) is 3. The Labute approximate surface area is 203 Å². The van der Waals surface area contributed by atoms with Gasteiger partial charge in [-0.1, -0.05) is 77.3 Å². The highest BCUT2D eigenvalue weighted by Gasteiger charge is 2.51. The zero-order chi connectivity index (χ0) is 23.7. The summed E-state index contributed by atoms with van der Waals surface area (Å²) in [5, 5.41) is 0. The van der Waals surface area contributed by atoms with Crippen LogP contribution in [0.3, 0.4) is 0 Å². The van der Waals surface area contributed by atoms with Gasteiger partial charge >= 0.3 is 0 Å². The zero-order valence-electron chi connectivity index (χ0n) is 21.8. The van der Waals surface area contributed by atoms with Gasteiger partial charge in [-0.25, -0.2) is 0 Å². The SMILES string of the molecule is CCC[C@@](c1ccccc1)(C1CCN(CC(CC)CC(C)CC)CC1)C1CCC[C@@H]1OC=O. The number of piperidine rings is 1. The Morgan fingerprint density at radius 3 is 2.39 bits per heavy atom. The van der Waals surface area contributed by atoms with Gasteiger partial charge in [0.2, 0.25) is 0 Å². The third-order valence-corrected chi connectivity index (χ3v) is 9.16. The van der Waals surface area contributed by atoms with Crippen LogP contribution in [0.2, 0.25) is 0 Å². The van der Waals surface area contributed by atoms with Crippen LogP contribution in [-0.4, -0.2) is 37.1 Å². The van der Waals surface area contributed by atoms with Gasteiger partial charge in [-0.15, -0.1) is 0 Å². The maximum atomic E-state index is 11.3. The smallest absolute Gasteiger partial charge is 0.293 e. The van der Waals surface area contributed by atoms with Gasteiger partial charge in [0.25, 0.3) is 6.47 Å². The molecule has 0 aromatic heterocycles. The van der Waals surface area contributed by atoms with Crippen LogP contribution >= 0.6 is 0 Å². The Hall–Kier alpha value is -1.35. The van der Waals surface area contributed by atoms with Crippen LogP contribution in [0.1, 0.15) is 97.5 Å². The van der Waals surface area contributed by atoms with Crippen molar-refractivity contribution in [1.29, 1.82) is 0 Å². The molecule has 1 aromatic carbocycles. The van der Waals surface area contributed by atoms with Crippen molar-refractivity contribution in [3.8, 4) is 0 Å². The fraction of sp³-hybridized carbons (Fsp3) is 0.767. The van der Waals surface area contributed by atoms with Crippen molar-refractivity contribution in [2.24, 2.45) is 23.7 Å². The van der Waals surface area contributed by atoms with Crippen molar-refractivity contribution in [1.82, 2.24) is 4.90 Å². The predicted molar refractivity (Wildman–Crippen MR) is 138 cm³/mol. The predicted octanol–water partition coefficient (Wildman–Crippen LogP) is 7.24. The van der Waals surface area contributed by atoms with E-state index in [1.54, 1.807) is 0 Å². The Kier molecular flexibility index (Phi) is 10.3. The maximum absolute atomic E-state index is 11.3. The molecule has 2 fully saturated rings. The molecule has 1 aromatic rings. The van der Waals surface area contributed by atoms with Crippen LogP contribution in [-0.2, 0) is 14.9 Å². The largest absolute Gasteiger partial charge is 0.464 e. The molecular weight excluding hydrogens is 406 g/mol. The standard InChI is InChI=1S/C30H49NO2/c1-5-18-30(26-12-9-8-10-13-26,28-14-11-15-29(28)33-23-32)27-16-19-31(20-17-27)22-25(7-3)21-24(4)6-2/h8-10,12-13,23-25,27-29H,5-7,11,14-22H2,1-4H3/t24?,25?,28?,29-,30+/m0/s1. The molecule has 1 aliphatic heterocycles. The second-order valence-corrected chi connectivity index (χ2v) is 11.1. The Morgan fingerprint density at radius 2 is 1.79 bits per heavy atom. The maximum Gasteiger partial charge on any atom is 0.293 e. The van der Waals surface area contributed by atoms with Gasteiger partial charge in [0.1, 0.15) is 6.10 Å². The number of rotatable bonds is 13. The van der Waals surface area contributed by atoms with Gasteiger partial charge in [0.15, 0.2) is 0 Å². The van der Waals surface area contributed by atoms with Gasteiger partial charge < -0.3 is 9.64 Å². The Bertz CT molecular complexity index is 684. The van der Waals surface area contributed by atoms with Gasteiger partial charge in [-0.2, -0.15) is 0 Å². The number of hydrogen-bond donors (Lipinski definition) is 0. The fourth-order valence-corrected chi connectivity index (χ4v) is 7.30. The molecule has 1 saturated carbocycles. The van der Waals surface area contributed by atoms with Crippen molar-refractivity contribution in [3.63, 3.8) is 0 Å². The first-order chi connectivity index (χ1) is 16.1. The molecule has 5 atom stereocenters. The summed E-state index contributed by atoms with van der Waals surface area (Å²) in [6.07, 6.45) is 12.3. The van der Waals surface area contributed by atoms with Crippen LogP contribution in [0.5, 0.6) is 0 Å². The van der Waals surface area contributed by atoms with Crippen LogP contribution in [0.15, 0.2) is 30.3 Å². The molecular formula is C30H49NO2. The zero-order valence-corrected chi connectivity index (χ0v) is 21.8. The summed E-state index contributed by atoms with van der Waals surface area (Å²) >= 11 is 0. The topological polar surface area (TPSA) is 29.5 Å². The summed E-state index contributed by atoms with van der Waals surface area (Å²) in [5.41, 5.74) is 1.60. The van der Waals surface area contributed by atoms with E-state index in [1.165, 1.54) is 83.0 Å². The lowest BCUT2D eigenvalue weighted by atomic mass is 9.57. The number of nitrogens with zero attached hydrogens (tertiary/aromatic N) is 1. The molecule has 2 aliphatic rings. The molecule has 1 heterocycles. The normalized spacial score (nSPS) is 25.9. The molecule has 0 bridgehead atoms. The molecule has 0 spiro atoms. The molecule has 33 heavy (non-hydrogen) atoms. The van der Waals surface area contributed by atoms with E-state index in [0.29, 0.717) is 18.3 Å². The van der Waals surface area contributed by atoms with Crippen molar-refractivity contribution >= 4 is 6.47 Å². The summed E-state index contributed by atoms with van der Waals surface area (Å²) in [6.45, 7) is 13.8. The van der Waals surface area contributed by atoms with Crippen molar-refractivity contribution < 1.29 is 9.53 Å². The minimum absolute atomic E-state index is 0.0762. The van der Waals surface area contributed by atoms with Crippen LogP contribution in [0.4, 0.5) is 0 Å². The molecule has 3 nitrogen and oxygen atoms in total. The molecule has 0 radical (unpaired) electrons. The molecule has 0 N–H and O–H groups in total. The average Bonchev–Trinajstić information content (AvgIpc) is 3.32. The molecule has 3 unspecified atom stereocenters. The van der Waals surface area contributed by atoms with E-state index in [0.717, 1.165) is 18.3 Å². The fourth-order valence-electron chi connectivity index (χ4n) is 7.30. The summed E-state index contributed by atoms with van der Waals surface area (Å²) in [6, 6.07) is 11.3. The van der Waals surface area contributed by atoms with E-state index in [4.69, 9.17) is 4.74 Å². The molecule has 186 valence electrons. The molecule has 3 heteroatoms. The van der Waals surface area contributed by atoms with Gasteiger partial charge in [-0.3, -0.25) is 4.79 Å². The first kappa shape index (κ1) is 26.3. The number of ether oxygens (including phenoxy) is 1. The molecule has 1 aliphatic carbocycles. The van der Waals surface area contributed by atoms with E-state index < -0.39 is 0 Å². The Balaban J connectivity index is 1.80. The van der Waals surface area contributed by atoms with E-state index in [1.807, 2.05) is 0 Å². The highest BCUT2D eigenvalue weighted by molar-refractivity contribution is 5.38. The monoisotopic (exact) mass is 455 g/mol. The average molecular weight is 456 g/mol. The summed E-state index contributed by atoms with van der Waals surface area (Å²) < 4.78 is 5.72. The van der Waals surface area contributed by atoms with Gasteiger partial charge in [0.05, 0.1) is 0 Å². The van der Waals surface area contributed by atoms with E-state index in [9.17, 15) is 4.79 Å². The van der Waals surface area contributed by atoms with Gasteiger partial charge in [-0.05, 0) is 81.4 Å². The lowest BCUT2D eigenvalue weighted by Gasteiger charge is -2.50. The first-order valence-corrected chi connectivity index (χ1v) is 14.0. The lowest BCUT2D eigenvalue weighted by Crippen LogP contribution is -2.50. The second-order valence-electron chi connectivity index (χ2n) is 11.1. The van der Waals surface area contributed by atoms with E-state index in [-0.39, 0.29) is 11.5 Å². The van der Waals surface area contributed by atoms with Crippen LogP contribution in [0.25, 0.3) is 0 Å². The second kappa shape index (κ2) is 12.9. The summed E-state index contributed by atoms with van der Waals surface area (Å²) in [5.74, 6) is 2.76. The van der Waals surface area contributed by atoms with Crippen molar-refractivity contribution in [2.75, 3.05) is 19.6 Å². The third kappa shape index (κ3) is 6.21. The Morgan fingerprint density at radius 1 is 1.06 bits per heavy atom.